The van der Waals surface area contributed by atoms with Crippen molar-refractivity contribution in [3.8, 4) is 0 Å². The van der Waals surface area contributed by atoms with Crippen LogP contribution in [0.1, 0.15) is 17.3 Å². The first-order valence-corrected chi connectivity index (χ1v) is 8.10. The number of sulfone groups is 1. The van der Waals surface area contributed by atoms with Crippen LogP contribution in [0.4, 0.5) is 0 Å². The second-order valence-electron chi connectivity index (χ2n) is 4.85. The third kappa shape index (κ3) is 3.71. The molecule has 0 unspecified atom stereocenters. The lowest BCUT2D eigenvalue weighted by Crippen LogP contribution is -2.52. The average molecular weight is 319 g/mol. The van der Waals surface area contributed by atoms with Gasteiger partial charge in [0, 0.05) is 37.5 Å². The summed E-state index contributed by atoms with van der Waals surface area (Å²) < 4.78 is 23.0. The Labute approximate surface area is 125 Å². The molecule has 20 heavy (non-hydrogen) atoms. The van der Waals surface area contributed by atoms with Crippen molar-refractivity contribution >= 4 is 28.2 Å². The molecule has 0 spiro atoms. The van der Waals surface area contributed by atoms with Crippen LogP contribution in [-0.4, -0.2) is 51.2 Å². The molecule has 1 heterocycles. The first kappa shape index (κ1) is 16.9. The summed E-state index contributed by atoms with van der Waals surface area (Å²) >= 11 is 0. The van der Waals surface area contributed by atoms with Gasteiger partial charge in [-0.3, -0.25) is 4.79 Å². The van der Waals surface area contributed by atoms with E-state index >= 15 is 0 Å². The molecule has 7 heteroatoms. The Hall–Kier alpha value is -1.11. The van der Waals surface area contributed by atoms with E-state index in [2.05, 4.69) is 5.32 Å². The van der Waals surface area contributed by atoms with Gasteiger partial charge in [-0.2, -0.15) is 0 Å². The molecule has 0 aliphatic carbocycles. The fraction of sp³-hybridized carbons (Fsp3) is 0.462. The third-order valence-corrected chi connectivity index (χ3v) is 4.38. The Morgan fingerprint density at radius 2 is 2.10 bits per heavy atom. The van der Waals surface area contributed by atoms with Crippen LogP contribution in [0.25, 0.3) is 0 Å². The summed E-state index contributed by atoms with van der Waals surface area (Å²) in [7, 11) is -3.29. The van der Waals surface area contributed by atoms with Crippen LogP contribution in [0.5, 0.6) is 0 Å². The first-order chi connectivity index (χ1) is 8.89. The molecule has 1 saturated heterocycles. The number of hydrogen-bond acceptors (Lipinski definition) is 4. The summed E-state index contributed by atoms with van der Waals surface area (Å²) in [6, 6.07) is 6.34. The predicted molar refractivity (Wildman–Crippen MR) is 80.2 cm³/mol. The number of halogens is 1. The van der Waals surface area contributed by atoms with Crippen molar-refractivity contribution < 1.29 is 13.2 Å². The molecule has 1 N–H and O–H groups in total. The van der Waals surface area contributed by atoms with Gasteiger partial charge in [0.2, 0.25) is 0 Å². The van der Waals surface area contributed by atoms with Gasteiger partial charge in [0.15, 0.2) is 9.84 Å². The molecule has 1 aromatic rings. The highest BCUT2D eigenvalue weighted by molar-refractivity contribution is 7.90. The molecule has 0 bridgehead atoms. The molecule has 1 aliphatic rings. The summed E-state index contributed by atoms with van der Waals surface area (Å²) in [4.78, 5) is 14.3. The molecular weight excluding hydrogens is 300 g/mol. The zero-order valence-electron chi connectivity index (χ0n) is 11.5. The molecule has 5 nitrogen and oxygen atoms in total. The van der Waals surface area contributed by atoms with Gasteiger partial charge >= 0.3 is 0 Å². The molecule has 0 radical (unpaired) electrons. The van der Waals surface area contributed by atoms with Crippen molar-refractivity contribution in [1.29, 1.82) is 0 Å². The molecule has 1 aromatic carbocycles. The number of nitrogens with one attached hydrogen (secondary N) is 1. The molecular formula is C13H19ClN2O3S. The molecule has 1 fully saturated rings. The minimum Gasteiger partial charge on any atom is -0.333 e. The van der Waals surface area contributed by atoms with Gasteiger partial charge in [-0.15, -0.1) is 12.4 Å². The van der Waals surface area contributed by atoms with E-state index in [1.165, 1.54) is 12.1 Å². The van der Waals surface area contributed by atoms with Gasteiger partial charge in [0.25, 0.3) is 5.91 Å². The average Bonchev–Trinajstić information content (AvgIpc) is 2.38. The maximum absolute atomic E-state index is 12.4. The van der Waals surface area contributed by atoms with Crippen molar-refractivity contribution in [1.82, 2.24) is 10.2 Å². The van der Waals surface area contributed by atoms with E-state index in [0.717, 1.165) is 19.3 Å². The van der Waals surface area contributed by atoms with E-state index in [1.807, 2.05) is 6.92 Å². The van der Waals surface area contributed by atoms with Crippen molar-refractivity contribution in [2.75, 3.05) is 25.9 Å². The Morgan fingerprint density at radius 3 is 2.70 bits per heavy atom. The first-order valence-electron chi connectivity index (χ1n) is 6.21. The lowest BCUT2D eigenvalue weighted by atomic mass is 10.1. The van der Waals surface area contributed by atoms with Crippen LogP contribution in [0.15, 0.2) is 29.2 Å². The molecule has 0 aromatic heterocycles. The quantitative estimate of drug-likeness (QED) is 0.881. The lowest BCUT2D eigenvalue weighted by molar-refractivity contribution is 0.0655. The minimum atomic E-state index is -3.29. The Kier molecular flexibility index (Phi) is 5.56. The van der Waals surface area contributed by atoms with Crippen LogP contribution in [0, 0.1) is 0 Å². The second-order valence-corrected chi connectivity index (χ2v) is 6.87. The predicted octanol–water partition coefficient (Wildman–Crippen LogP) is 0.946. The molecule has 1 amide bonds. The fourth-order valence-corrected chi connectivity index (χ4v) is 2.84. The van der Waals surface area contributed by atoms with Crippen LogP contribution in [0.2, 0.25) is 0 Å². The summed E-state index contributed by atoms with van der Waals surface area (Å²) in [5, 5.41) is 3.22. The zero-order chi connectivity index (χ0) is 14.0. The zero-order valence-corrected chi connectivity index (χ0v) is 13.1. The fourth-order valence-electron chi connectivity index (χ4n) is 2.17. The van der Waals surface area contributed by atoms with Crippen LogP contribution in [-0.2, 0) is 9.84 Å². The van der Waals surface area contributed by atoms with E-state index in [9.17, 15) is 13.2 Å². The van der Waals surface area contributed by atoms with E-state index in [0.29, 0.717) is 12.1 Å². The number of amides is 1. The van der Waals surface area contributed by atoms with Gasteiger partial charge in [0.1, 0.15) is 0 Å². The van der Waals surface area contributed by atoms with Crippen molar-refractivity contribution in [2.24, 2.45) is 0 Å². The number of benzene rings is 1. The SMILES string of the molecule is C[C@H]1CNCCN1C(=O)c1cccc(S(C)(=O)=O)c1.Cl. The summed E-state index contributed by atoms with van der Waals surface area (Å²) in [6.07, 6.45) is 1.14. The van der Waals surface area contributed by atoms with E-state index in [1.54, 1.807) is 17.0 Å². The van der Waals surface area contributed by atoms with Crippen molar-refractivity contribution in [2.45, 2.75) is 17.9 Å². The van der Waals surface area contributed by atoms with Crippen molar-refractivity contribution in [3.63, 3.8) is 0 Å². The van der Waals surface area contributed by atoms with Gasteiger partial charge < -0.3 is 10.2 Å². The highest BCUT2D eigenvalue weighted by Crippen LogP contribution is 2.15. The van der Waals surface area contributed by atoms with Gasteiger partial charge in [-0.1, -0.05) is 6.07 Å². The Morgan fingerprint density at radius 1 is 1.40 bits per heavy atom. The number of carbonyl (C=O) groups excluding carboxylic acids is 1. The van der Waals surface area contributed by atoms with Gasteiger partial charge in [-0.05, 0) is 25.1 Å². The standard InChI is InChI=1S/C13H18N2O3S.ClH/c1-10-9-14-6-7-15(10)13(16)11-4-3-5-12(8-11)19(2,17)18;/h3-5,8,10,14H,6-7,9H2,1-2H3;1H/t10-;/m0./s1. The largest absolute Gasteiger partial charge is 0.333 e. The van der Waals surface area contributed by atoms with E-state index in [-0.39, 0.29) is 29.3 Å². The summed E-state index contributed by atoms with van der Waals surface area (Å²) in [5.74, 6) is -0.112. The molecule has 1 atom stereocenters. The van der Waals surface area contributed by atoms with Gasteiger partial charge in [0.05, 0.1) is 4.90 Å². The number of hydrogen-bond donors (Lipinski definition) is 1. The third-order valence-electron chi connectivity index (χ3n) is 3.27. The smallest absolute Gasteiger partial charge is 0.254 e. The maximum Gasteiger partial charge on any atom is 0.254 e. The van der Waals surface area contributed by atoms with Crippen LogP contribution >= 0.6 is 12.4 Å². The number of piperazine rings is 1. The highest BCUT2D eigenvalue weighted by Gasteiger charge is 2.24. The van der Waals surface area contributed by atoms with E-state index < -0.39 is 9.84 Å². The van der Waals surface area contributed by atoms with Crippen LogP contribution < -0.4 is 5.32 Å². The minimum absolute atomic E-state index is 0. The maximum atomic E-state index is 12.4. The Balaban J connectivity index is 0.00000200. The number of nitrogens with zero attached hydrogens (tertiary/aromatic N) is 1. The van der Waals surface area contributed by atoms with Crippen LogP contribution in [0.3, 0.4) is 0 Å². The van der Waals surface area contributed by atoms with Crippen molar-refractivity contribution in [3.05, 3.63) is 29.8 Å². The normalized spacial score (nSPS) is 19.3. The summed E-state index contributed by atoms with van der Waals surface area (Å²) in [6.45, 7) is 4.15. The molecule has 2 rings (SSSR count). The highest BCUT2D eigenvalue weighted by atomic mass is 35.5. The monoisotopic (exact) mass is 318 g/mol. The summed E-state index contributed by atoms with van der Waals surface area (Å²) in [5.41, 5.74) is 0.427. The molecule has 0 saturated carbocycles. The number of carbonyl (C=O) groups is 1. The topological polar surface area (TPSA) is 66.5 Å². The lowest BCUT2D eigenvalue weighted by Gasteiger charge is -2.34. The van der Waals surface area contributed by atoms with E-state index in [4.69, 9.17) is 0 Å². The molecule has 112 valence electrons. The second kappa shape index (κ2) is 6.56. The Bertz CT molecular complexity index is 589. The molecule has 1 aliphatic heterocycles. The number of rotatable bonds is 2. The van der Waals surface area contributed by atoms with Gasteiger partial charge in [-0.25, -0.2) is 8.42 Å².